The number of nitrogens with one attached hydrogen (secondary N) is 1. The SMILES string of the molecule is Cl.Cl.NC(CNC(=O)c1ccc(Oc2cccc(Br)c2)nc1)C1CC1. The second-order valence-corrected chi connectivity index (χ2v) is 6.57. The Morgan fingerprint density at radius 2 is 2.08 bits per heavy atom. The number of hydrogen-bond donors (Lipinski definition) is 2. The number of pyridine rings is 1. The first kappa shape index (κ1) is 21.7. The number of hydrogen-bond acceptors (Lipinski definition) is 4. The zero-order valence-corrected chi connectivity index (χ0v) is 16.6. The highest BCUT2D eigenvalue weighted by Crippen LogP contribution is 2.31. The highest BCUT2D eigenvalue weighted by Gasteiger charge is 2.28. The summed E-state index contributed by atoms with van der Waals surface area (Å²) in [4.78, 5) is 16.2. The third-order valence-electron chi connectivity index (χ3n) is 3.74. The van der Waals surface area contributed by atoms with Crippen LogP contribution < -0.4 is 15.8 Å². The number of amides is 1. The maximum absolute atomic E-state index is 12.1. The first-order chi connectivity index (χ1) is 11.1. The highest BCUT2D eigenvalue weighted by atomic mass is 79.9. The van der Waals surface area contributed by atoms with E-state index in [-0.39, 0.29) is 36.8 Å². The van der Waals surface area contributed by atoms with Crippen LogP contribution in [0.4, 0.5) is 0 Å². The van der Waals surface area contributed by atoms with E-state index in [1.54, 1.807) is 12.1 Å². The molecule has 3 N–H and O–H groups in total. The number of ether oxygens (including phenoxy) is 1. The van der Waals surface area contributed by atoms with Gasteiger partial charge in [0.25, 0.3) is 5.91 Å². The third kappa shape index (κ3) is 6.47. The largest absolute Gasteiger partial charge is 0.439 e. The smallest absolute Gasteiger partial charge is 0.252 e. The van der Waals surface area contributed by atoms with Crippen LogP contribution in [0.3, 0.4) is 0 Å². The Morgan fingerprint density at radius 3 is 2.68 bits per heavy atom. The van der Waals surface area contributed by atoms with Gasteiger partial charge in [0.15, 0.2) is 0 Å². The summed E-state index contributed by atoms with van der Waals surface area (Å²) in [6.07, 6.45) is 3.84. The molecular weight excluding hydrogens is 429 g/mol. The van der Waals surface area contributed by atoms with Gasteiger partial charge in [-0.3, -0.25) is 4.79 Å². The normalized spacial score (nSPS) is 13.8. The summed E-state index contributed by atoms with van der Waals surface area (Å²) in [7, 11) is 0. The molecular formula is C17H20BrCl2N3O2. The summed E-state index contributed by atoms with van der Waals surface area (Å²) >= 11 is 3.39. The van der Waals surface area contributed by atoms with Crippen LogP contribution in [0.5, 0.6) is 11.6 Å². The second kappa shape index (κ2) is 9.97. The monoisotopic (exact) mass is 447 g/mol. The van der Waals surface area contributed by atoms with Crippen LogP contribution >= 0.6 is 40.7 Å². The molecule has 1 aromatic carbocycles. The molecule has 1 heterocycles. The van der Waals surface area contributed by atoms with Crippen molar-refractivity contribution >= 4 is 46.7 Å². The zero-order chi connectivity index (χ0) is 16.2. The van der Waals surface area contributed by atoms with Crippen molar-refractivity contribution < 1.29 is 9.53 Å². The van der Waals surface area contributed by atoms with Crippen LogP contribution in [-0.2, 0) is 0 Å². The fourth-order valence-corrected chi connectivity index (χ4v) is 2.61. The van der Waals surface area contributed by atoms with Crippen molar-refractivity contribution in [3.05, 3.63) is 52.6 Å². The Hall–Kier alpha value is -1.34. The molecule has 1 fully saturated rings. The minimum absolute atomic E-state index is 0. The van der Waals surface area contributed by atoms with Gasteiger partial charge in [-0.1, -0.05) is 22.0 Å². The van der Waals surface area contributed by atoms with Crippen LogP contribution in [0, 0.1) is 5.92 Å². The van der Waals surface area contributed by atoms with Crippen LogP contribution in [0.25, 0.3) is 0 Å². The van der Waals surface area contributed by atoms with E-state index in [0.29, 0.717) is 29.7 Å². The number of benzene rings is 1. The number of nitrogens with zero attached hydrogens (tertiary/aromatic N) is 1. The lowest BCUT2D eigenvalue weighted by Crippen LogP contribution is -2.38. The molecule has 1 saturated carbocycles. The zero-order valence-electron chi connectivity index (χ0n) is 13.4. The van der Waals surface area contributed by atoms with Crippen LogP contribution in [0.15, 0.2) is 47.1 Å². The molecule has 1 atom stereocenters. The van der Waals surface area contributed by atoms with Gasteiger partial charge in [0.1, 0.15) is 5.75 Å². The summed E-state index contributed by atoms with van der Waals surface area (Å²) < 4.78 is 6.57. The van der Waals surface area contributed by atoms with Gasteiger partial charge >= 0.3 is 0 Å². The molecule has 0 spiro atoms. The summed E-state index contributed by atoms with van der Waals surface area (Å²) in [5.41, 5.74) is 6.47. The average molecular weight is 449 g/mol. The number of carbonyl (C=O) groups excluding carboxylic acids is 1. The van der Waals surface area contributed by atoms with Crippen molar-refractivity contribution in [2.24, 2.45) is 11.7 Å². The highest BCUT2D eigenvalue weighted by molar-refractivity contribution is 9.10. The molecule has 1 aromatic heterocycles. The minimum Gasteiger partial charge on any atom is -0.439 e. The molecule has 1 unspecified atom stereocenters. The van der Waals surface area contributed by atoms with Crippen molar-refractivity contribution in [3.8, 4) is 11.6 Å². The molecule has 0 aliphatic heterocycles. The Labute approximate surface area is 167 Å². The molecule has 8 heteroatoms. The van der Waals surface area contributed by atoms with Crippen molar-refractivity contribution in [1.82, 2.24) is 10.3 Å². The van der Waals surface area contributed by atoms with E-state index < -0.39 is 0 Å². The van der Waals surface area contributed by atoms with E-state index in [1.807, 2.05) is 24.3 Å². The maximum Gasteiger partial charge on any atom is 0.252 e. The summed E-state index contributed by atoms with van der Waals surface area (Å²) in [5, 5.41) is 2.85. The number of nitrogens with two attached hydrogens (primary N) is 1. The lowest BCUT2D eigenvalue weighted by molar-refractivity contribution is 0.0950. The Kier molecular flexibility index (Phi) is 8.65. The molecule has 25 heavy (non-hydrogen) atoms. The quantitative estimate of drug-likeness (QED) is 0.701. The van der Waals surface area contributed by atoms with E-state index in [4.69, 9.17) is 10.5 Å². The first-order valence-electron chi connectivity index (χ1n) is 7.55. The second-order valence-electron chi connectivity index (χ2n) is 5.66. The minimum atomic E-state index is -0.164. The lowest BCUT2D eigenvalue weighted by atomic mass is 10.2. The molecule has 0 bridgehead atoms. The molecule has 0 radical (unpaired) electrons. The fourth-order valence-electron chi connectivity index (χ4n) is 2.23. The third-order valence-corrected chi connectivity index (χ3v) is 4.24. The first-order valence-corrected chi connectivity index (χ1v) is 8.34. The molecule has 1 amide bonds. The molecule has 2 aromatic rings. The van der Waals surface area contributed by atoms with E-state index in [9.17, 15) is 4.79 Å². The Bertz CT molecular complexity index is 697. The van der Waals surface area contributed by atoms with E-state index in [0.717, 1.165) is 4.47 Å². The van der Waals surface area contributed by atoms with Crippen molar-refractivity contribution in [2.45, 2.75) is 18.9 Å². The summed E-state index contributed by atoms with van der Waals surface area (Å²) in [5.74, 6) is 1.52. The average Bonchev–Trinajstić information content (AvgIpc) is 3.38. The van der Waals surface area contributed by atoms with Crippen molar-refractivity contribution in [2.75, 3.05) is 6.54 Å². The Morgan fingerprint density at radius 1 is 1.32 bits per heavy atom. The molecule has 3 rings (SSSR count). The topological polar surface area (TPSA) is 77.2 Å². The van der Waals surface area contributed by atoms with Gasteiger partial charge in [-0.05, 0) is 43.0 Å². The van der Waals surface area contributed by atoms with Gasteiger partial charge in [-0.25, -0.2) is 4.98 Å². The Balaban J connectivity index is 0.00000156. The van der Waals surface area contributed by atoms with Gasteiger partial charge in [0.2, 0.25) is 5.88 Å². The van der Waals surface area contributed by atoms with E-state index in [1.165, 1.54) is 19.0 Å². The van der Waals surface area contributed by atoms with Crippen LogP contribution in [-0.4, -0.2) is 23.5 Å². The molecule has 0 saturated heterocycles. The molecule has 1 aliphatic carbocycles. The standard InChI is InChI=1S/C17H18BrN3O2.2ClH/c18-13-2-1-3-14(8-13)23-16-7-6-12(9-20-16)17(22)21-10-15(19)11-4-5-11;;/h1-3,6-9,11,15H,4-5,10,19H2,(H,21,22);2*1H. The van der Waals surface area contributed by atoms with Crippen molar-refractivity contribution in [3.63, 3.8) is 0 Å². The van der Waals surface area contributed by atoms with Gasteiger partial charge < -0.3 is 15.8 Å². The van der Waals surface area contributed by atoms with Crippen LogP contribution in [0.1, 0.15) is 23.2 Å². The van der Waals surface area contributed by atoms with Gasteiger partial charge in [0.05, 0.1) is 5.56 Å². The van der Waals surface area contributed by atoms with E-state index >= 15 is 0 Å². The molecule has 1 aliphatic rings. The predicted molar refractivity (Wildman–Crippen MR) is 106 cm³/mol. The summed E-state index contributed by atoms with van der Waals surface area (Å²) in [6, 6.07) is 10.9. The fraction of sp³-hybridized carbons (Fsp3) is 0.294. The van der Waals surface area contributed by atoms with E-state index in [2.05, 4.69) is 26.2 Å². The van der Waals surface area contributed by atoms with Crippen LogP contribution in [0.2, 0.25) is 0 Å². The lowest BCUT2D eigenvalue weighted by Gasteiger charge is -2.11. The van der Waals surface area contributed by atoms with Gasteiger partial charge in [-0.15, -0.1) is 24.8 Å². The van der Waals surface area contributed by atoms with Gasteiger partial charge in [0, 0.05) is 29.3 Å². The molecule has 136 valence electrons. The van der Waals surface area contributed by atoms with Crippen molar-refractivity contribution in [1.29, 1.82) is 0 Å². The number of rotatable bonds is 6. The maximum atomic E-state index is 12.1. The molecule has 5 nitrogen and oxygen atoms in total. The summed E-state index contributed by atoms with van der Waals surface area (Å²) in [6.45, 7) is 0.500. The predicted octanol–water partition coefficient (Wildman–Crippen LogP) is 3.95. The number of carbonyl (C=O) groups is 1. The van der Waals surface area contributed by atoms with Gasteiger partial charge in [-0.2, -0.15) is 0 Å². The number of aromatic nitrogens is 1. The number of halogens is 3.